The zero-order valence-corrected chi connectivity index (χ0v) is 8.31. The van der Waals surface area contributed by atoms with Crippen LogP contribution in [0.5, 0.6) is 0 Å². The molecule has 0 bridgehead atoms. The molecule has 2 rings (SSSR count). The minimum absolute atomic E-state index is 0.117. The molecule has 15 heavy (non-hydrogen) atoms. The summed E-state index contributed by atoms with van der Waals surface area (Å²) in [5.41, 5.74) is 5.97. The van der Waals surface area contributed by atoms with Gasteiger partial charge in [0.05, 0.1) is 12.3 Å². The molecule has 1 aromatic rings. The van der Waals surface area contributed by atoms with Gasteiger partial charge in [-0.05, 0) is 12.8 Å². The molecule has 2 heterocycles. The Balaban J connectivity index is 2.06. The first-order valence-electron chi connectivity index (χ1n) is 4.94. The summed E-state index contributed by atoms with van der Waals surface area (Å²) < 4.78 is 0. The van der Waals surface area contributed by atoms with Gasteiger partial charge in [0.15, 0.2) is 0 Å². The number of aromatic amines is 1. The van der Waals surface area contributed by atoms with E-state index in [1.165, 1.54) is 6.20 Å². The lowest BCUT2D eigenvalue weighted by Crippen LogP contribution is -2.40. The normalized spacial score (nSPS) is 18.1. The van der Waals surface area contributed by atoms with Gasteiger partial charge in [-0.25, -0.2) is 0 Å². The van der Waals surface area contributed by atoms with Gasteiger partial charge in [-0.2, -0.15) is 5.10 Å². The second-order valence-electron chi connectivity index (χ2n) is 3.72. The lowest BCUT2D eigenvalue weighted by molar-refractivity contribution is 0.0547. The molecule has 0 radical (unpaired) electrons. The molecule has 0 unspecified atom stereocenters. The molecule has 1 saturated heterocycles. The highest BCUT2D eigenvalue weighted by atomic mass is 16.3. The quantitative estimate of drug-likeness (QED) is 0.587. The lowest BCUT2D eigenvalue weighted by atomic mass is 10.1. The molecule has 82 valence electrons. The summed E-state index contributed by atoms with van der Waals surface area (Å²) in [5, 5.41) is 15.5. The van der Waals surface area contributed by atoms with Gasteiger partial charge in [0.25, 0.3) is 5.91 Å². The van der Waals surface area contributed by atoms with Crippen LogP contribution in [0.25, 0.3) is 0 Å². The van der Waals surface area contributed by atoms with Crippen LogP contribution in [0.3, 0.4) is 0 Å². The van der Waals surface area contributed by atoms with Crippen LogP contribution in [0.15, 0.2) is 6.20 Å². The van der Waals surface area contributed by atoms with E-state index >= 15 is 0 Å². The van der Waals surface area contributed by atoms with Crippen molar-refractivity contribution in [2.45, 2.75) is 18.9 Å². The Morgan fingerprint density at radius 1 is 1.60 bits per heavy atom. The summed E-state index contributed by atoms with van der Waals surface area (Å²) in [5.74, 6) is 0.180. The lowest BCUT2D eigenvalue weighted by Gasteiger charge is -2.29. The number of nitrogen functional groups attached to an aromatic ring is 1. The fraction of sp³-hybridized carbons (Fsp3) is 0.556. The van der Waals surface area contributed by atoms with E-state index in [-0.39, 0.29) is 12.0 Å². The molecule has 1 amide bonds. The third kappa shape index (κ3) is 1.94. The molecule has 0 aromatic carbocycles. The topological polar surface area (TPSA) is 95.2 Å². The largest absolute Gasteiger partial charge is 0.393 e. The third-order valence-corrected chi connectivity index (χ3v) is 2.65. The summed E-state index contributed by atoms with van der Waals surface area (Å²) in [4.78, 5) is 13.6. The number of piperidine rings is 1. The maximum atomic E-state index is 11.9. The Morgan fingerprint density at radius 3 is 2.80 bits per heavy atom. The van der Waals surface area contributed by atoms with Crippen molar-refractivity contribution in [2.75, 3.05) is 18.8 Å². The predicted octanol–water partition coefficient (Wildman–Crippen LogP) is -0.411. The number of anilines is 1. The first-order valence-corrected chi connectivity index (χ1v) is 4.94. The molecule has 6 nitrogen and oxygen atoms in total. The number of nitrogens with two attached hydrogens (primary N) is 1. The van der Waals surface area contributed by atoms with Crippen LogP contribution in [0.1, 0.15) is 23.2 Å². The molecule has 1 aliphatic rings. The molecule has 1 fully saturated rings. The maximum Gasteiger partial charge on any atom is 0.259 e. The van der Waals surface area contributed by atoms with Gasteiger partial charge in [0.1, 0.15) is 11.4 Å². The highest BCUT2D eigenvalue weighted by Gasteiger charge is 2.24. The number of hydrogen-bond donors (Lipinski definition) is 3. The molecule has 4 N–H and O–H groups in total. The van der Waals surface area contributed by atoms with Crippen molar-refractivity contribution in [3.63, 3.8) is 0 Å². The van der Waals surface area contributed by atoms with Crippen molar-refractivity contribution < 1.29 is 9.90 Å². The smallest absolute Gasteiger partial charge is 0.259 e. The third-order valence-electron chi connectivity index (χ3n) is 2.65. The van der Waals surface area contributed by atoms with Crippen molar-refractivity contribution in [1.82, 2.24) is 15.1 Å². The van der Waals surface area contributed by atoms with Crippen LogP contribution in [-0.2, 0) is 0 Å². The molecular formula is C9H14N4O2. The van der Waals surface area contributed by atoms with E-state index in [4.69, 9.17) is 5.73 Å². The number of nitrogens with zero attached hydrogens (tertiary/aromatic N) is 2. The fourth-order valence-corrected chi connectivity index (χ4v) is 1.71. The number of rotatable bonds is 1. The van der Waals surface area contributed by atoms with Crippen LogP contribution in [0.2, 0.25) is 0 Å². The number of likely N-dealkylation sites (tertiary alicyclic amines) is 1. The number of carbonyl (C=O) groups excluding carboxylic acids is 1. The van der Waals surface area contributed by atoms with Gasteiger partial charge in [-0.3, -0.25) is 9.89 Å². The van der Waals surface area contributed by atoms with E-state index in [1.807, 2.05) is 0 Å². The molecule has 0 saturated carbocycles. The van der Waals surface area contributed by atoms with E-state index in [9.17, 15) is 9.90 Å². The molecule has 6 heteroatoms. The number of carbonyl (C=O) groups is 1. The number of aromatic nitrogens is 2. The second kappa shape index (κ2) is 3.90. The van der Waals surface area contributed by atoms with Crippen molar-refractivity contribution in [3.05, 3.63) is 11.8 Å². The standard InChI is InChI=1S/C9H14N4O2/c10-8-7(5-11-12-8)9(15)13-3-1-6(14)2-4-13/h5-6,14H,1-4H2,(H3,10,11,12). The predicted molar refractivity (Wildman–Crippen MR) is 54.1 cm³/mol. The van der Waals surface area contributed by atoms with Crippen LogP contribution in [-0.4, -0.2) is 45.3 Å². The van der Waals surface area contributed by atoms with Crippen molar-refractivity contribution >= 4 is 11.7 Å². The highest BCUT2D eigenvalue weighted by molar-refractivity contribution is 5.98. The number of amides is 1. The van der Waals surface area contributed by atoms with Gasteiger partial charge in [-0.1, -0.05) is 0 Å². The zero-order valence-electron chi connectivity index (χ0n) is 8.31. The van der Waals surface area contributed by atoms with Crippen LogP contribution < -0.4 is 5.73 Å². The Labute approximate surface area is 87.1 Å². The summed E-state index contributed by atoms with van der Waals surface area (Å²) >= 11 is 0. The number of aliphatic hydroxyl groups is 1. The highest BCUT2D eigenvalue weighted by Crippen LogP contribution is 2.15. The van der Waals surface area contributed by atoms with Crippen molar-refractivity contribution in [2.24, 2.45) is 0 Å². The molecule has 1 aromatic heterocycles. The number of nitrogens with one attached hydrogen (secondary N) is 1. The molecule has 0 aliphatic carbocycles. The van der Waals surface area contributed by atoms with Crippen molar-refractivity contribution in [3.8, 4) is 0 Å². The van der Waals surface area contributed by atoms with Gasteiger partial charge >= 0.3 is 0 Å². The first kappa shape index (κ1) is 9.97. The van der Waals surface area contributed by atoms with Gasteiger partial charge in [0.2, 0.25) is 0 Å². The minimum Gasteiger partial charge on any atom is -0.393 e. The number of H-pyrrole nitrogens is 1. The first-order chi connectivity index (χ1) is 7.18. The van der Waals surface area contributed by atoms with Gasteiger partial charge < -0.3 is 15.7 Å². The second-order valence-corrected chi connectivity index (χ2v) is 3.72. The average Bonchev–Trinajstić information content (AvgIpc) is 2.65. The fourth-order valence-electron chi connectivity index (χ4n) is 1.71. The van der Waals surface area contributed by atoms with E-state index in [0.717, 1.165) is 0 Å². The zero-order chi connectivity index (χ0) is 10.8. The van der Waals surface area contributed by atoms with Gasteiger partial charge in [-0.15, -0.1) is 0 Å². The Morgan fingerprint density at radius 2 is 2.27 bits per heavy atom. The van der Waals surface area contributed by atoms with E-state index < -0.39 is 0 Å². The molecular weight excluding hydrogens is 196 g/mol. The molecule has 0 spiro atoms. The Bertz CT molecular complexity index is 355. The summed E-state index contributed by atoms with van der Waals surface area (Å²) in [6.07, 6.45) is 2.41. The van der Waals surface area contributed by atoms with E-state index in [2.05, 4.69) is 10.2 Å². The SMILES string of the molecule is Nc1[nH]ncc1C(=O)N1CCC(O)CC1. The monoisotopic (exact) mass is 210 g/mol. The molecule has 1 aliphatic heterocycles. The molecule has 0 atom stereocenters. The van der Waals surface area contributed by atoms with E-state index in [0.29, 0.717) is 37.3 Å². The minimum atomic E-state index is -0.282. The van der Waals surface area contributed by atoms with Gasteiger partial charge in [0, 0.05) is 13.1 Å². The Kier molecular flexibility index (Phi) is 2.59. The summed E-state index contributed by atoms with van der Waals surface area (Å²) in [6, 6.07) is 0. The van der Waals surface area contributed by atoms with Crippen LogP contribution >= 0.6 is 0 Å². The average molecular weight is 210 g/mol. The van der Waals surface area contributed by atoms with Crippen LogP contribution in [0, 0.1) is 0 Å². The summed E-state index contributed by atoms with van der Waals surface area (Å²) in [7, 11) is 0. The summed E-state index contributed by atoms with van der Waals surface area (Å²) in [6.45, 7) is 1.15. The van der Waals surface area contributed by atoms with E-state index in [1.54, 1.807) is 4.90 Å². The van der Waals surface area contributed by atoms with Crippen LogP contribution in [0.4, 0.5) is 5.82 Å². The number of aliphatic hydroxyl groups excluding tert-OH is 1. The Hall–Kier alpha value is -1.56. The van der Waals surface area contributed by atoms with Crippen molar-refractivity contribution in [1.29, 1.82) is 0 Å². The maximum absolute atomic E-state index is 11.9. The number of hydrogen-bond acceptors (Lipinski definition) is 4.